The first kappa shape index (κ1) is 10.9. The van der Waals surface area contributed by atoms with Crippen LogP contribution >= 0.6 is 11.3 Å². The molecule has 1 amide bonds. The Kier molecular flexibility index (Phi) is 2.78. The monoisotopic (exact) mass is 242 g/mol. The minimum atomic E-state index is -0.867. The van der Waals surface area contributed by atoms with Gasteiger partial charge in [-0.15, -0.1) is 11.3 Å². The molecule has 7 heteroatoms. The molecular formula is C9H10N2O4S. The highest BCUT2D eigenvalue weighted by Crippen LogP contribution is 2.38. The van der Waals surface area contributed by atoms with Gasteiger partial charge in [-0.25, -0.2) is 9.78 Å². The maximum atomic E-state index is 10.9. The average molecular weight is 242 g/mol. The number of aliphatic carboxylic acids is 1. The molecule has 1 atom stereocenters. The molecule has 0 aromatic carbocycles. The van der Waals surface area contributed by atoms with Crippen LogP contribution in [0.2, 0.25) is 0 Å². The highest BCUT2D eigenvalue weighted by Gasteiger charge is 2.32. The van der Waals surface area contributed by atoms with Crippen molar-refractivity contribution in [1.29, 1.82) is 0 Å². The maximum absolute atomic E-state index is 10.9. The SMILES string of the molecule is COC(=O)Nc1nc2c(s1)CC[C@H]2C(=O)O. The molecule has 0 aliphatic heterocycles. The number of nitrogens with zero attached hydrogens (tertiary/aromatic N) is 1. The molecule has 0 bridgehead atoms. The normalized spacial score (nSPS) is 17.9. The number of hydrogen-bond acceptors (Lipinski definition) is 5. The molecule has 1 aliphatic rings. The molecule has 0 saturated carbocycles. The second-order valence-electron chi connectivity index (χ2n) is 3.37. The number of hydrogen-bond donors (Lipinski definition) is 2. The van der Waals surface area contributed by atoms with E-state index in [0.717, 1.165) is 4.88 Å². The van der Waals surface area contributed by atoms with Crippen molar-refractivity contribution in [2.75, 3.05) is 12.4 Å². The summed E-state index contributed by atoms with van der Waals surface area (Å²) in [6.45, 7) is 0. The van der Waals surface area contributed by atoms with Gasteiger partial charge in [0.15, 0.2) is 5.13 Å². The van der Waals surface area contributed by atoms with Crippen LogP contribution in [-0.4, -0.2) is 29.3 Å². The highest BCUT2D eigenvalue weighted by molar-refractivity contribution is 7.15. The summed E-state index contributed by atoms with van der Waals surface area (Å²) in [5.74, 6) is -1.41. The van der Waals surface area contributed by atoms with Gasteiger partial charge in [0.25, 0.3) is 0 Å². The molecule has 0 radical (unpaired) electrons. The van der Waals surface area contributed by atoms with E-state index in [2.05, 4.69) is 15.0 Å². The zero-order chi connectivity index (χ0) is 11.7. The third kappa shape index (κ3) is 1.85. The minimum absolute atomic E-state index is 0.391. The fraction of sp³-hybridized carbons (Fsp3) is 0.444. The molecule has 0 spiro atoms. The van der Waals surface area contributed by atoms with Crippen molar-refractivity contribution in [3.05, 3.63) is 10.6 Å². The number of ether oxygens (including phenoxy) is 1. The molecule has 6 nitrogen and oxygen atoms in total. The molecule has 0 fully saturated rings. The van der Waals surface area contributed by atoms with E-state index in [1.54, 1.807) is 0 Å². The van der Waals surface area contributed by atoms with Crippen molar-refractivity contribution in [1.82, 2.24) is 4.98 Å². The molecular weight excluding hydrogens is 232 g/mol. The first-order valence-electron chi connectivity index (χ1n) is 4.69. The quantitative estimate of drug-likeness (QED) is 0.819. The summed E-state index contributed by atoms with van der Waals surface area (Å²) in [6, 6.07) is 0. The lowest BCUT2D eigenvalue weighted by molar-refractivity contribution is -0.138. The Bertz CT molecular complexity index is 443. The third-order valence-electron chi connectivity index (χ3n) is 2.41. The number of carbonyl (C=O) groups is 2. The minimum Gasteiger partial charge on any atom is -0.481 e. The van der Waals surface area contributed by atoms with Crippen molar-refractivity contribution in [3.63, 3.8) is 0 Å². The molecule has 2 N–H and O–H groups in total. The van der Waals surface area contributed by atoms with Crippen molar-refractivity contribution < 1.29 is 19.4 Å². The number of rotatable bonds is 2. The van der Waals surface area contributed by atoms with E-state index < -0.39 is 18.0 Å². The van der Waals surface area contributed by atoms with Crippen LogP contribution in [0.5, 0.6) is 0 Å². The van der Waals surface area contributed by atoms with Crippen LogP contribution in [0.1, 0.15) is 22.9 Å². The van der Waals surface area contributed by atoms with Gasteiger partial charge in [-0.3, -0.25) is 10.1 Å². The van der Waals surface area contributed by atoms with Crippen LogP contribution in [0.3, 0.4) is 0 Å². The standard InChI is InChI=1S/C9H10N2O4S/c1-15-9(14)11-8-10-6-4(7(12)13)2-3-5(6)16-8/h4H,2-3H2,1H3,(H,12,13)(H,10,11,14)/t4-/m1/s1. The van der Waals surface area contributed by atoms with Gasteiger partial charge in [0, 0.05) is 4.88 Å². The number of nitrogens with one attached hydrogen (secondary N) is 1. The Labute approximate surface area is 95.3 Å². The predicted octanol–water partition coefficient (Wildman–Crippen LogP) is 1.44. The summed E-state index contributed by atoms with van der Waals surface area (Å²) in [5, 5.41) is 11.8. The third-order valence-corrected chi connectivity index (χ3v) is 3.46. The second-order valence-corrected chi connectivity index (χ2v) is 4.46. The lowest BCUT2D eigenvalue weighted by Crippen LogP contribution is -2.12. The van der Waals surface area contributed by atoms with Crippen molar-refractivity contribution in [3.8, 4) is 0 Å². The van der Waals surface area contributed by atoms with E-state index in [1.165, 1.54) is 18.4 Å². The van der Waals surface area contributed by atoms with E-state index in [4.69, 9.17) is 5.11 Å². The summed E-state index contributed by atoms with van der Waals surface area (Å²) in [6.07, 6.45) is 0.689. The van der Waals surface area contributed by atoms with Crippen LogP contribution in [0, 0.1) is 0 Å². The van der Waals surface area contributed by atoms with Crippen LogP contribution in [0.15, 0.2) is 0 Å². The summed E-state index contributed by atoms with van der Waals surface area (Å²) >= 11 is 1.30. The first-order valence-corrected chi connectivity index (χ1v) is 5.51. The van der Waals surface area contributed by atoms with Gasteiger partial charge >= 0.3 is 12.1 Å². The lowest BCUT2D eigenvalue weighted by atomic mass is 10.1. The van der Waals surface area contributed by atoms with E-state index in [9.17, 15) is 9.59 Å². The molecule has 16 heavy (non-hydrogen) atoms. The second kappa shape index (κ2) is 4.09. The van der Waals surface area contributed by atoms with E-state index >= 15 is 0 Å². The smallest absolute Gasteiger partial charge is 0.413 e. The van der Waals surface area contributed by atoms with Crippen molar-refractivity contribution >= 4 is 28.5 Å². The Morgan fingerprint density at radius 1 is 1.62 bits per heavy atom. The number of fused-ring (bicyclic) bond motifs is 1. The fourth-order valence-electron chi connectivity index (χ4n) is 1.66. The zero-order valence-electron chi connectivity index (χ0n) is 8.52. The van der Waals surface area contributed by atoms with Crippen molar-refractivity contribution in [2.24, 2.45) is 0 Å². The summed E-state index contributed by atoms with van der Waals surface area (Å²) in [7, 11) is 1.26. The Hall–Kier alpha value is -1.63. The van der Waals surface area contributed by atoms with Gasteiger partial charge in [-0.2, -0.15) is 0 Å². The summed E-state index contributed by atoms with van der Waals surface area (Å²) in [5.41, 5.74) is 0.573. The van der Waals surface area contributed by atoms with Gasteiger partial charge in [0.05, 0.1) is 12.8 Å². The molecule has 0 saturated heterocycles. The highest BCUT2D eigenvalue weighted by atomic mass is 32.1. The van der Waals surface area contributed by atoms with Crippen LogP contribution in [0.25, 0.3) is 0 Å². The number of carbonyl (C=O) groups excluding carboxylic acids is 1. The number of thiazole rings is 1. The number of methoxy groups -OCH3 is 1. The largest absolute Gasteiger partial charge is 0.481 e. The van der Waals surface area contributed by atoms with Gasteiger partial charge in [-0.1, -0.05) is 0 Å². The number of carboxylic acids is 1. The van der Waals surface area contributed by atoms with Gasteiger partial charge in [0.2, 0.25) is 0 Å². The first-order chi connectivity index (χ1) is 7.61. The van der Waals surface area contributed by atoms with Crippen LogP contribution < -0.4 is 5.32 Å². The number of aromatic nitrogens is 1. The molecule has 0 unspecified atom stereocenters. The molecule has 2 rings (SSSR count). The Balaban J connectivity index is 2.19. The van der Waals surface area contributed by atoms with E-state index in [1.807, 2.05) is 0 Å². The molecule has 1 heterocycles. The Morgan fingerprint density at radius 2 is 2.38 bits per heavy atom. The molecule has 1 aliphatic carbocycles. The fourth-order valence-corrected chi connectivity index (χ4v) is 2.68. The van der Waals surface area contributed by atoms with Gasteiger partial charge < -0.3 is 9.84 Å². The average Bonchev–Trinajstić information content (AvgIpc) is 2.75. The Morgan fingerprint density at radius 3 is 3.00 bits per heavy atom. The van der Waals surface area contributed by atoms with Gasteiger partial charge in [0.1, 0.15) is 5.92 Å². The molecule has 1 aromatic rings. The number of aryl methyl sites for hydroxylation is 1. The van der Waals surface area contributed by atoms with Gasteiger partial charge in [-0.05, 0) is 12.8 Å². The van der Waals surface area contributed by atoms with Crippen LogP contribution in [-0.2, 0) is 16.0 Å². The topological polar surface area (TPSA) is 88.5 Å². The maximum Gasteiger partial charge on any atom is 0.413 e. The molecule has 86 valence electrons. The number of carboxylic acid groups (broad SMARTS) is 1. The summed E-state index contributed by atoms with van der Waals surface area (Å²) in [4.78, 5) is 26.9. The number of anilines is 1. The lowest BCUT2D eigenvalue weighted by Gasteiger charge is -2.01. The number of amides is 1. The molecule has 1 aromatic heterocycles. The van der Waals surface area contributed by atoms with Crippen molar-refractivity contribution in [2.45, 2.75) is 18.8 Å². The van der Waals surface area contributed by atoms with E-state index in [0.29, 0.717) is 23.7 Å². The van der Waals surface area contributed by atoms with E-state index in [-0.39, 0.29) is 0 Å². The summed E-state index contributed by atoms with van der Waals surface area (Å²) < 4.78 is 4.43. The van der Waals surface area contributed by atoms with Crippen LogP contribution in [0.4, 0.5) is 9.93 Å². The predicted molar refractivity (Wildman–Crippen MR) is 56.8 cm³/mol. The zero-order valence-corrected chi connectivity index (χ0v) is 9.34.